The summed E-state index contributed by atoms with van der Waals surface area (Å²) < 4.78 is 5.35. The van der Waals surface area contributed by atoms with E-state index in [9.17, 15) is 4.79 Å². The number of nitrogens with zero attached hydrogens (tertiary/aromatic N) is 2. The van der Waals surface area contributed by atoms with Crippen LogP contribution in [-0.4, -0.2) is 41.5 Å². The van der Waals surface area contributed by atoms with Crippen molar-refractivity contribution in [3.63, 3.8) is 0 Å². The lowest BCUT2D eigenvalue weighted by molar-refractivity contribution is 0.0785. The highest BCUT2D eigenvalue weighted by molar-refractivity contribution is 5.96. The normalized spacial score (nSPS) is 19.4. The number of likely N-dealkylation sites (tertiary alicyclic amines) is 1. The fourth-order valence-corrected chi connectivity index (χ4v) is 1.95. The van der Waals surface area contributed by atoms with Crippen LogP contribution in [-0.2, 0) is 0 Å². The Kier molecular flexibility index (Phi) is 3.58. The zero-order chi connectivity index (χ0) is 12.3. The van der Waals surface area contributed by atoms with Gasteiger partial charge in [-0.15, -0.1) is 0 Å². The van der Waals surface area contributed by atoms with Gasteiger partial charge in [-0.1, -0.05) is 0 Å². The second-order valence-corrected chi connectivity index (χ2v) is 4.09. The Hall–Kier alpha value is -1.62. The van der Waals surface area contributed by atoms with Gasteiger partial charge in [0.15, 0.2) is 0 Å². The van der Waals surface area contributed by atoms with Gasteiger partial charge < -0.3 is 15.4 Å². The number of rotatable bonds is 3. The lowest BCUT2D eigenvalue weighted by Gasteiger charge is -2.17. The number of amides is 1. The second-order valence-electron chi connectivity index (χ2n) is 4.09. The standard InChI is InChI=1S/C12H17N3O2/c1-2-17-11-10(4-3-6-14-11)12(16)15-7-5-9(13)8-15/h3-4,6,9H,2,5,7-8,13H2,1H3/t9-/m1/s1. The molecule has 5 heteroatoms. The smallest absolute Gasteiger partial charge is 0.259 e. The molecule has 0 radical (unpaired) electrons. The van der Waals surface area contributed by atoms with Crippen LogP contribution in [0.15, 0.2) is 18.3 Å². The van der Waals surface area contributed by atoms with Gasteiger partial charge in [0.05, 0.1) is 6.61 Å². The van der Waals surface area contributed by atoms with Crippen molar-refractivity contribution in [2.45, 2.75) is 19.4 Å². The molecule has 1 aromatic rings. The highest BCUT2D eigenvalue weighted by Crippen LogP contribution is 2.19. The van der Waals surface area contributed by atoms with Gasteiger partial charge in [-0.3, -0.25) is 4.79 Å². The van der Waals surface area contributed by atoms with E-state index in [1.54, 1.807) is 23.2 Å². The molecule has 17 heavy (non-hydrogen) atoms. The molecule has 1 amide bonds. The molecule has 0 aromatic carbocycles. The molecule has 2 N–H and O–H groups in total. The molecule has 0 bridgehead atoms. The molecule has 2 heterocycles. The maximum Gasteiger partial charge on any atom is 0.259 e. The van der Waals surface area contributed by atoms with Gasteiger partial charge in [0, 0.05) is 25.3 Å². The predicted molar refractivity (Wildman–Crippen MR) is 63.9 cm³/mol. The highest BCUT2D eigenvalue weighted by atomic mass is 16.5. The first-order valence-corrected chi connectivity index (χ1v) is 5.85. The highest BCUT2D eigenvalue weighted by Gasteiger charge is 2.26. The van der Waals surface area contributed by atoms with Crippen molar-refractivity contribution in [3.8, 4) is 5.88 Å². The van der Waals surface area contributed by atoms with Crippen LogP contribution in [0.3, 0.4) is 0 Å². The Labute approximate surface area is 101 Å². The molecule has 0 unspecified atom stereocenters. The third-order valence-electron chi connectivity index (χ3n) is 2.79. The van der Waals surface area contributed by atoms with Crippen molar-refractivity contribution in [1.29, 1.82) is 0 Å². The van der Waals surface area contributed by atoms with Gasteiger partial charge in [-0.2, -0.15) is 0 Å². The molecule has 1 aromatic heterocycles. The summed E-state index contributed by atoms with van der Waals surface area (Å²) >= 11 is 0. The summed E-state index contributed by atoms with van der Waals surface area (Å²) in [5.41, 5.74) is 6.31. The van der Waals surface area contributed by atoms with Crippen molar-refractivity contribution in [2.75, 3.05) is 19.7 Å². The quantitative estimate of drug-likeness (QED) is 0.835. The van der Waals surface area contributed by atoms with E-state index in [0.29, 0.717) is 31.1 Å². The third-order valence-corrected chi connectivity index (χ3v) is 2.79. The van der Waals surface area contributed by atoms with Crippen molar-refractivity contribution < 1.29 is 9.53 Å². The number of nitrogens with two attached hydrogens (primary N) is 1. The summed E-state index contributed by atoms with van der Waals surface area (Å²) in [4.78, 5) is 18.1. The number of carbonyl (C=O) groups excluding carboxylic acids is 1. The molecule has 1 aliphatic heterocycles. The number of carbonyl (C=O) groups is 1. The van der Waals surface area contributed by atoms with Crippen LogP contribution in [0.2, 0.25) is 0 Å². The zero-order valence-electron chi connectivity index (χ0n) is 9.93. The Morgan fingerprint density at radius 2 is 2.53 bits per heavy atom. The van der Waals surface area contributed by atoms with Crippen molar-refractivity contribution in [3.05, 3.63) is 23.9 Å². The predicted octanol–water partition coefficient (Wildman–Crippen LogP) is 0.654. The first-order chi connectivity index (χ1) is 8.22. The van der Waals surface area contributed by atoms with Gasteiger partial charge >= 0.3 is 0 Å². The minimum absolute atomic E-state index is 0.0468. The van der Waals surface area contributed by atoms with E-state index in [1.165, 1.54) is 0 Å². The largest absolute Gasteiger partial charge is 0.477 e. The minimum atomic E-state index is -0.0468. The molecule has 0 aliphatic carbocycles. The van der Waals surface area contributed by atoms with Crippen LogP contribution < -0.4 is 10.5 Å². The summed E-state index contributed by atoms with van der Waals surface area (Å²) in [5.74, 6) is 0.356. The molecule has 1 fully saturated rings. The summed E-state index contributed by atoms with van der Waals surface area (Å²) in [6.45, 7) is 3.69. The topological polar surface area (TPSA) is 68.5 Å². The Bertz CT molecular complexity index is 408. The Morgan fingerprint density at radius 1 is 1.71 bits per heavy atom. The summed E-state index contributed by atoms with van der Waals surface area (Å²) in [6.07, 6.45) is 2.48. The lowest BCUT2D eigenvalue weighted by atomic mass is 10.2. The van der Waals surface area contributed by atoms with Crippen molar-refractivity contribution >= 4 is 5.91 Å². The average molecular weight is 235 g/mol. The molecule has 2 rings (SSSR count). The second kappa shape index (κ2) is 5.14. The van der Waals surface area contributed by atoms with Crippen molar-refractivity contribution in [1.82, 2.24) is 9.88 Å². The van der Waals surface area contributed by atoms with Crippen LogP contribution in [0.5, 0.6) is 5.88 Å². The first-order valence-electron chi connectivity index (χ1n) is 5.85. The van der Waals surface area contributed by atoms with Crippen molar-refractivity contribution in [2.24, 2.45) is 5.73 Å². The monoisotopic (exact) mass is 235 g/mol. The zero-order valence-corrected chi connectivity index (χ0v) is 9.93. The van der Waals surface area contributed by atoms with Crippen LogP contribution in [0, 0.1) is 0 Å². The maximum atomic E-state index is 12.2. The maximum absolute atomic E-state index is 12.2. The summed E-state index contributed by atoms with van der Waals surface area (Å²) in [7, 11) is 0. The molecule has 1 aliphatic rings. The van der Waals surface area contributed by atoms with Crippen LogP contribution >= 0.6 is 0 Å². The van der Waals surface area contributed by atoms with E-state index in [2.05, 4.69) is 4.98 Å². The molecule has 0 spiro atoms. The van der Waals surface area contributed by atoms with Gasteiger partial charge in [-0.25, -0.2) is 4.98 Å². The molecule has 1 saturated heterocycles. The minimum Gasteiger partial charge on any atom is -0.477 e. The summed E-state index contributed by atoms with van der Waals surface area (Å²) in [5, 5.41) is 0. The Morgan fingerprint density at radius 3 is 3.18 bits per heavy atom. The summed E-state index contributed by atoms with van der Waals surface area (Å²) in [6, 6.07) is 3.57. The van der Waals surface area contributed by atoms with Gasteiger partial charge in [0.2, 0.25) is 5.88 Å². The lowest BCUT2D eigenvalue weighted by Crippen LogP contribution is -2.32. The average Bonchev–Trinajstić information content (AvgIpc) is 2.76. The van der Waals surface area contributed by atoms with E-state index in [-0.39, 0.29) is 11.9 Å². The molecular weight excluding hydrogens is 218 g/mol. The van der Waals surface area contributed by atoms with E-state index >= 15 is 0 Å². The molecule has 1 atom stereocenters. The molecule has 5 nitrogen and oxygen atoms in total. The van der Waals surface area contributed by atoms with Gasteiger partial charge in [-0.05, 0) is 25.5 Å². The van der Waals surface area contributed by atoms with Gasteiger partial charge in [0.25, 0.3) is 5.91 Å². The van der Waals surface area contributed by atoms with E-state index < -0.39 is 0 Å². The number of aromatic nitrogens is 1. The molecular formula is C12H17N3O2. The van der Waals surface area contributed by atoms with Crippen LogP contribution in [0.4, 0.5) is 0 Å². The van der Waals surface area contributed by atoms with E-state index in [4.69, 9.17) is 10.5 Å². The molecule has 92 valence electrons. The van der Waals surface area contributed by atoms with Crippen LogP contribution in [0.1, 0.15) is 23.7 Å². The first kappa shape index (κ1) is 11.9. The van der Waals surface area contributed by atoms with Crippen LogP contribution in [0.25, 0.3) is 0 Å². The number of hydrogen-bond acceptors (Lipinski definition) is 4. The third kappa shape index (κ3) is 2.55. The SMILES string of the molecule is CCOc1ncccc1C(=O)N1CC[C@@H](N)C1. The van der Waals surface area contributed by atoms with E-state index in [0.717, 1.165) is 6.42 Å². The number of hydrogen-bond donors (Lipinski definition) is 1. The number of pyridine rings is 1. The number of ether oxygens (including phenoxy) is 1. The Balaban J connectivity index is 2.18. The fraction of sp³-hybridized carbons (Fsp3) is 0.500. The van der Waals surface area contributed by atoms with E-state index in [1.807, 2.05) is 6.92 Å². The van der Waals surface area contributed by atoms with Gasteiger partial charge in [0.1, 0.15) is 5.56 Å². The fourth-order valence-electron chi connectivity index (χ4n) is 1.95. The molecule has 0 saturated carbocycles.